The van der Waals surface area contributed by atoms with Crippen molar-refractivity contribution in [3.63, 3.8) is 0 Å². The van der Waals surface area contributed by atoms with E-state index in [2.05, 4.69) is 20.6 Å². The Morgan fingerprint density at radius 3 is 2.26 bits per heavy atom. The van der Waals surface area contributed by atoms with Gasteiger partial charge in [-0.25, -0.2) is 17.7 Å². The lowest BCUT2D eigenvalue weighted by molar-refractivity contribution is 0.521. The average molecular weight is 480 g/mol. The number of benzene rings is 2. The molecular weight excluding hydrogens is 457 g/mol. The monoisotopic (exact) mass is 479 g/mol. The molecule has 0 bridgehead atoms. The van der Waals surface area contributed by atoms with Gasteiger partial charge in [0.2, 0.25) is 16.0 Å². The van der Waals surface area contributed by atoms with Gasteiger partial charge in [-0.1, -0.05) is 23.7 Å². The highest BCUT2D eigenvalue weighted by molar-refractivity contribution is 7.89. The summed E-state index contributed by atoms with van der Waals surface area (Å²) in [6.07, 6.45) is 1.45. The molecule has 0 aliphatic heterocycles. The summed E-state index contributed by atoms with van der Waals surface area (Å²) >= 11 is 6.26. The van der Waals surface area contributed by atoms with Crippen molar-refractivity contribution in [2.75, 3.05) is 38.1 Å². The number of aromatic nitrogens is 2. The van der Waals surface area contributed by atoms with E-state index in [0.717, 1.165) is 4.31 Å². The van der Waals surface area contributed by atoms with Crippen LogP contribution < -0.4 is 15.9 Å². The van der Waals surface area contributed by atoms with Crippen LogP contribution in [0, 0.1) is 0 Å². The number of rotatable bonds is 7. The van der Waals surface area contributed by atoms with Crippen LogP contribution in [0.15, 0.2) is 59.6 Å². The van der Waals surface area contributed by atoms with Crippen LogP contribution in [0.1, 0.15) is 0 Å². The van der Waals surface area contributed by atoms with Gasteiger partial charge in [0.25, 0.3) is 0 Å². The third-order valence-electron chi connectivity index (χ3n) is 4.37. The molecule has 0 amide bonds. The predicted octanol–water partition coefficient (Wildman–Crippen LogP) is 4.12. The van der Waals surface area contributed by atoms with Crippen LogP contribution in [-0.4, -0.2) is 50.1 Å². The van der Waals surface area contributed by atoms with Crippen molar-refractivity contribution in [3.8, 4) is 0 Å². The maximum absolute atomic E-state index is 12.6. The van der Waals surface area contributed by atoms with Crippen LogP contribution in [0.4, 0.5) is 23.1 Å². The highest BCUT2D eigenvalue weighted by Crippen LogP contribution is 2.38. The van der Waals surface area contributed by atoms with E-state index < -0.39 is 17.2 Å². The lowest BCUT2D eigenvalue weighted by atomic mass is 10.3. The zero-order chi connectivity index (χ0) is 22.8. The molecule has 31 heavy (non-hydrogen) atoms. The molecule has 0 radical (unpaired) electrons. The largest absolute Gasteiger partial charge is 0.338 e. The number of nitrogens with zero attached hydrogens (tertiary/aromatic N) is 3. The summed E-state index contributed by atoms with van der Waals surface area (Å²) in [5, 5.41) is 7.15. The molecule has 1 aromatic heterocycles. The fourth-order valence-electron chi connectivity index (χ4n) is 2.74. The Balaban J connectivity index is 1.85. The van der Waals surface area contributed by atoms with E-state index in [1.165, 1.54) is 32.4 Å². The van der Waals surface area contributed by atoms with E-state index in [1.807, 2.05) is 18.2 Å². The molecule has 1 heterocycles. The predicted molar refractivity (Wildman–Crippen MR) is 126 cm³/mol. The topological polar surface area (TPSA) is 104 Å². The Labute approximate surface area is 187 Å². The minimum Gasteiger partial charge on any atom is -0.338 e. The minimum absolute atomic E-state index is 0.183. The van der Waals surface area contributed by atoms with Gasteiger partial charge in [0.05, 0.1) is 16.8 Å². The molecule has 8 nitrogen and oxygen atoms in total. The minimum atomic E-state index is -3.51. The van der Waals surface area contributed by atoms with Gasteiger partial charge in [-0.15, -0.1) is 0 Å². The van der Waals surface area contributed by atoms with Crippen LogP contribution in [0.3, 0.4) is 0 Å². The number of nitrogens with one attached hydrogen (secondary N) is 2. The highest BCUT2D eigenvalue weighted by Gasteiger charge is 2.18. The first-order valence-electron chi connectivity index (χ1n) is 9.22. The van der Waals surface area contributed by atoms with Gasteiger partial charge in [0.1, 0.15) is 12.2 Å². The second kappa shape index (κ2) is 8.96. The maximum Gasteiger partial charge on any atom is 0.242 e. The molecule has 0 fully saturated rings. The normalized spacial score (nSPS) is 12.1. The summed E-state index contributed by atoms with van der Waals surface area (Å²) in [4.78, 5) is 8.76. The number of hydrogen-bond donors (Lipinski definition) is 2. The fourth-order valence-corrected chi connectivity index (χ4v) is 4.94. The van der Waals surface area contributed by atoms with Gasteiger partial charge in [-0.05, 0) is 49.7 Å². The second-order valence-corrected chi connectivity index (χ2v) is 13.1. The third-order valence-corrected chi connectivity index (χ3v) is 8.03. The first-order chi connectivity index (χ1) is 14.5. The van der Waals surface area contributed by atoms with E-state index in [1.54, 1.807) is 31.5 Å². The molecule has 2 aromatic carbocycles. The molecule has 164 valence electrons. The van der Waals surface area contributed by atoms with Crippen molar-refractivity contribution >= 4 is 57.2 Å². The number of para-hydroxylation sites is 1. The molecule has 0 unspecified atom stereocenters. The molecule has 0 aliphatic rings. The van der Waals surface area contributed by atoms with Crippen molar-refractivity contribution in [2.24, 2.45) is 0 Å². The Kier molecular flexibility index (Phi) is 6.71. The van der Waals surface area contributed by atoms with Crippen molar-refractivity contribution in [3.05, 3.63) is 59.8 Å². The quantitative estimate of drug-likeness (QED) is 0.491. The summed E-state index contributed by atoms with van der Waals surface area (Å²) in [5.41, 5.74) is 1.26. The molecule has 0 spiro atoms. The summed E-state index contributed by atoms with van der Waals surface area (Å²) in [7, 11) is -3.07. The number of hydrogen-bond acceptors (Lipinski definition) is 7. The molecule has 0 atom stereocenters. The smallest absolute Gasteiger partial charge is 0.242 e. The van der Waals surface area contributed by atoms with Crippen molar-refractivity contribution in [1.29, 1.82) is 0 Å². The standard InChI is InChI=1S/C20H23ClN5O3PS/c1-26(2)31(28,29)15-11-9-14(10-12-15)23-20-22-13-16(21)19(25-20)24-17-7-5-6-8-18(17)30(3,4)27/h5-13H,1-4H3,(H2,22,23,24,25). The molecule has 11 heteroatoms. The average Bonchev–Trinajstić information content (AvgIpc) is 2.70. The summed E-state index contributed by atoms with van der Waals surface area (Å²) in [6, 6.07) is 13.5. The van der Waals surface area contributed by atoms with Crippen molar-refractivity contribution in [2.45, 2.75) is 4.90 Å². The van der Waals surface area contributed by atoms with Crippen LogP contribution in [0.2, 0.25) is 5.02 Å². The molecule has 2 N–H and O–H groups in total. The summed E-state index contributed by atoms with van der Waals surface area (Å²) < 4.78 is 38.1. The van der Waals surface area contributed by atoms with Gasteiger partial charge in [0, 0.05) is 25.1 Å². The molecule has 0 saturated carbocycles. The lowest BCUT2D eigenvalue weighted by Crippen LogP contribution is -2.22. The second-order valence-electron chi connectivity index (χ2n) is 7.32. The first-order valence-corrected chi connectivity index (χ1v) is 13.6. The van der Waals surface area contributed by atoms with Crippen LogP contribution >= 0.6 is 18.7 Å². The zero-order valence-corrected chi connectivity index (χ0v) is 20.0. The SMILES string of the molecule is CN(C)S(=O)(=O)c1ccc(Nc2ncc(Cl)c(Nc3ccccc3P(C)(C)=O)n2)cc1. The Morgan fingerprint density at radius 2 is 1.65 bits per heavy atom. The van der Waals surface area contributed by atoms with Gasteiger partial charge >= 0.3 is 0 Å². The fraction of sp³-hybridized carbons (Fsp3) is 0.200. The first kappa shape index (κ1) is 23.2. The van der Waals surface area contributed by atoms with Gasteiger partial charge < -0.3 is 15.2 Å². The van der Waals surface area contributed by atoms with Gasteiger partial charge in [-0.3, -0.25) is 0 Å². The molecule has 0 saturated heterocycles. The molecule has 0 aliphatic carbocycles. The zero-order valence-electron chi connectivity index (χ0n) is 17.5. The van der Waals surface area contributed by atoms with Gasteiger partial charge in [0.15, 0.2) is 5.82 Å². The Morgan fingerprint density at radius 1 is 1.00 bits per heavy atom. The van der Waals surface area contributed by atoms with E-state index in [9.17, 15) is 13.0 Å². The van der Waals surface area contributed by atoms with Crippen LogP contribution in [0.25, 0.3) is 0 Å². The van der Waals surface area contributed by atoms with E-state index in [-0.39, 0.29) is 10.8 Å². The Bertz CT molecular complexity index is 1240. The highest BCUT2D eigenvalue weighted by atomic mass is 35.5. The van der Waals surface area contributed by atoms with Crippen LogP contribution in [0.5, 0.6) is 0 Å². The van der Waals surface area contributed by atoms with E-state index in [0.29, 0.717) is 27.5 Å². The van der Waals surface area contributed by atoms with Gasteiger partial charge in [-0.2, -0.15) is 4.98 Å². The molecule has 3 aromatic rings. The Hall–Kier alpha value is -2.45. The number of anilines is 4. The number of halogens is 1. The lowest BCUT2D eigenvalue weighted by Gasteiger charge is -2.16. The summed E-state index contributed by atoms with van der Waals surface area (Å²) in [5.74, 6) is 0.621. The van der Waals surface area contributed by atoms with Crippen molar-refractivity contribution in [1.82, 2.24) is 14.3 Å². The van der Waals surface area contributed by atoms with Crippen molar-refractivity contribution < 1.29 is 13.0 Å². The third kappa shape index (κ3) is 5.43. The van der Waals surface area contributed by atoms with Crippen LogP contribution in [-0.2, 0) is 14.6 Å². The summed E-state index contributed by atoms with van der Waals surface area (Å²) in [6.45, 7) is 3.39. The number of sulfonamides is 1. The maximum atomic E-state index is 12.6. The molecule has 3 rings (SSSR count). The molecular formula is C20H23ClN5O3PS. The van der Waals surface area contributed by atoms with E-state index >= 15 is 0 Å². The van der Waals surface area contributed by atoms with E-state index in [4.69, 9.17) is 11.6 Å².